The van der Waals surface area contributed by atoms with Crippen LogP contribution in [-0.4, -0.2) is 28.5 Å². The van der Waals surface area contributed by atoms with Gasteiger partial charge >= 0.3 is 0 Å². The molecule has 0 bridgehead atoms. The number of aliphatic hydroxyl groups is 1. The van der Waals surface area contributed by atoms with Gasteiger partial charge in [-0.15, -0.1) is 0 Å². The van der Waals surface area contributed by atoms with Gasteiger partial charge in [0.15, 0.2) is 0 Å². The molecule has 1 aromatic heterocycles. The Morgan fingerprint density at radius 3 is 2.57 bits per heavy atom. The van der Waals surface area contributed by atoms with Gasteiger partial charge in [-0.3, -0.25) is 4.68 Å². The van der Waals surface area contributed by atoms with Crippen LogP contribution in [0.5, 0.6) is 5.75 Å². The van der Waals surface area contributed by atoms with E-state index in [1.807, 2.05) is 38.2 Å². The number of aromatic nitrogens is 2. The maximum atomic E-state index is 10.1. The summed E-state index contributed by atoms with van der Waals surface area (Å²) in [5, 5.41) is 18.2. The summed E-state index contributed by atoms with van der Waals surface area (Å²) in [4.78, 5) is 0. The fourth-order valence-electron chi connectivity index (χ4n) is 2.15. The van der Waals surface area contributed by atoms with Crippen molar-refractivity contribution in [1.82, 2.24) is 15.1 Å². The molecule has 1 atom stereocenters. The smallest absolute Gasteiger partial charge is 0.131 e. The molecule has 0 spiro atoms. The van der Waals surface area contributed by atoms with Crippen molar-refractivity contribution in [2.24, 2.45) is 7.05 Å². The van der Waals surface area contributed by atoms with E-state index in [2.05, 4.69) is 10.4 Å². The SMILES string of the molecule is COc1ccc([C@@H](O)CNCc2c(C)nn(C)c2Cl)cc1. The van der Waals surface area contributed by atoms with Crippen molar-refractivity contribution in [2.45, 2.75) is 19.6 Å². The van der Waals surface area contributed by atoms with Crippen LogP contribution >= 0.6 is 11.6 Å². The van der Waals surface area contributed by atoms with Crippen molar-refractivity contribution in [2.75, 3.05) is 13.7 Å². The van der Waals surface area contributed by atoms with Gasteiger partial charge < -0.3 is 15.2 Å². The van der Waals surface area contributed by atoms with Crippen LogP contribution in [0.1, 0.15) is 22.9 Å². The minimum atomic E-state index is -0.577. The maximum Gasteiger partial charge on any atom is 0.131 e. The number of methoxy groups -OCH3 is 1. The first-order valence-corrected chi connectivity index (χ1v) is 7.11. The monoisotopic (exact) mass is 309 g/mol. The van der Waals surface area contributed by atoms with E-state index in [4.69, 9.17) is 16.3 Å². The van der Waals surface area contributed by atoms with Gasteiger partial charge in [-0.1, -0.05) is 23.7 Å². The average molecular weight is 310 g/mol. The van der Waals surface area contributed by atoms with E-state index in [0.717, 1.165) is 22.6 Å². The second kappa shape index (κ2) is 6.93. The van der Waals surface area contributed by atoms with E-state index in [0.29, 0.717) is 18.2 Å². The standard InChI is InChI=1S/C15H20ClN3O2/c1-10-13(15(16)19(2)18-10)8-17-9-14(20)11-4-6-12(21-3)7-5-11/h4-7,14,17,20H,8-9H2,1-3H3/t14-/m0/s1. The molecule has 114 valence electrons. The highest BCUT2D eigenvalue weighted by Crippen LogP contribution is 2.19. The molecule has 0 aliphatic rings. The zero-order valence-electron chi connectivity index (χ0n) is 12.4. The van der Waals surface area contributed by atoms with Crippen LogP contribution in [0, 0.1) is 6.92 Å². The third-order valence-electron chi connectivity index (χ3n) is 3.41. The molecule has 0 aliphatic heterocycles. The molecule has 5 nitrogen and oxygen atoms in total. The molecule has 0 radical (unpaired) electrons. The number of hydrogen-bond donors (Lipinski definition) is 2. The van der Waals surface area contributed by atoms with Crippen LogP contribution in [0.4, 0.5) is 0 Å². The molecule has 0 fully saturated rings. The van der Waals surface area contributed by atoms with Gasteiger partial charge in [0, 0.05) is 25.7 Å². The quantitative estimate of drug-likeness (QED) is 0.859. The van der Waals surface area contributed by atoms with Crippen LogP contribution < -0.4 is 10.1 Å². The molecule has 2 rings (SSSR count). The first-order chi connectivity index (χ1) is 10.0. The molecule has 0 amide bonds. The number of aliphatic hydroxyl groups excluding tert-OH is 1. The van der Waals surface area contributed by atoms with Gasteiger partial charge in [0.05, 0.1) is 18.9 Å². The number of halogens is 1. The molecule has 2 aromatic rings. The lowest BCUT2D eigenvalue weighted by Gasteiger charge is -2.12. The molecule has 1 aromatic carbocycles. The van der Waals surface area contributed by atoms with Crippen LogP contribution in [0.2, 0.25) is 5.15 Å². The summed E-state index contributed by atoms with van der Waals surface area (Å²) in [6, 6.07) is 7.38. The average Bonchev–Trinajstić information content (AvgIpc) is 2.73. The van der Waals surface area contributed by atoms with Crippen LogP contribution in [0.25, 0.3) is 0 Å². The second-order valence-electron chi connectivity index (χ2n) is 4.90. The Kier molecular flexibility index (Phi) is 5.22. The first-order valence-electron chi connectivity index (χ1n) is 6.73. The molecule has 6 heteroatoms. The molecule has 21 heavy (non-hydrogen) atoms. The first kappa shape index (κ1) is 15.8. The van der Waals surface area contributed by atoms with Gasteiger partial charge in [-0.2, -0.15) is 5.10 Å². The minimum Gasteiger partial charge on any atom is -0.497 e. The largest absolute Gasteiger partial charge is 0.497 e. The van der Waals surface area contributed by atoms with E-state index < -0.39 is 6.10 Å². The highest BCUT2D eigenvalue weighted by molar-refractivity contribution is 6.30. The molecule has 1 heterocycles. The second-order valence-corrected chi connectivity index (χ2v) is 5.26. The lowest BCUT2D eigenvalue weighted by atomic mass is 10.1. The van der Waals surface area contributed by atoms with E-state index >= 15 is 0 Å². The van der Waals surface area contributed by atoms with E-state index in [9.17, 15) is 5.11 Å². The number of nitrogens with one attached hydrogen (secondary N) is 1. The maximum absolute atomic E-state index is 10.1. The number of nitrogens with zero attached hydrogens (tertiary/aromatic N) is 2. The Bertz CT molecular complexity index is 596. The fraction of sp³-hybridized carbons (Fsp3) is 0.400. The number of rotatable bonds is 6. The topological polar surface area (TPSA) is 59.3 Å². The van der Waals surface area contributed by atoms with Crippen LogP contribution in [0.15, 0.2) is 24.3 Å². The molecule has 2 N–H and O–H groups in total. The summed E-state index contributed by atoms with van der Waals surface area (Å²) in [7, 11) is 3.43. The number of aryl methyl sites for hydroxylation is 2. The van der Waals surface area contributed by atoms with Gasteiger partial charge in [0.1, 0.15) is 10.9 Å². The molecular formula is C15H20ClN3O2. The van der Waals surface area contributed by atoms with Crippen LogP contribution in [-0.2, 0) is 13.6 Å². The Hall–Kier alpha value is -1.56. The predicted molar refractivity (Wildman–Crippen MR) is 82.6 cm³/mol. The fourth-order valence-corrected chi connectivity index (χ4v) is 2.39. The van der Waals surface area contributed by atoms with Crippen molar-refractivity contribution < 1.29 is 9.84 Å². The number of hydrogen-bond acceptors (Lipinski definition) is 4. The molecular weight excluding hydrogens is 290 g/mol. The van der Waals surface area contributed by atoms with Crippen molar-refractivity contribution in [3.63, 3.8) is 0 Å². The van der Waals surface area contributed by atoms with Crippen molar-refractivity contribution in [1.29, 1.82) is 0 Å². The Labute approximate surface area is 129 Å². The van der Waals surface area contributed by atoms with Crippen LogP contribution in [0.3, 0.4) is 0 Å². The zero-order valence-corrected chi connectivity index (χ0v) is 13.2. The lowest BCUT2D eigenvalue weighted by Crippen LogP contribution is -2.21. The molecule has 0 saturated carbocycles. The van der Waals surface area contributed by atoms with E-state index in [1.165, 1.54) is 0 Å². The summed E-state index contributed by atoms with van der Waals surface area (Å²) in [6.07, 6.45) is -0.577. The summed E-state index contributed by atoms with van der Waals surface area (Å²) >= 11 is 6.16. The van der Waals surface area contributed by atoms with Gasteiger partial charge in [0.2, 0.25) is 0 Å². The number of benzene rings is 1. The van der Waals surface area contributed by atoms with Gasteiger partial charge in [-0.25, -0.2) is 0 Å². The zero-order chi connectivity index (χ0) is 15.4. The van der Waals surface area contributed by atoms with Crippen molar-refractivity contribution >= 4 is 11.6 Å². The highest BCUT2D eigenvalue weighted by atomic mass is 35.5. The van der Waals surface area contributed by atoms with E-state index in [-0.39, 0.29) is 0 Å². The Balaban J connectivity index is 1.90. The highest BCUT2D eigenvalue weighted by Gasteiger charge is 2.12. The number of ether oxygens (including phenoxy) is 1. The predicted octanol–water partition coefficient (Wildman–Crippen LogP) is 2.21. The minimum absolute atomic E-state index is 0.441. The Morgan fingerprint density at radius 2 is 2.05 bits per heavy atom. The van der Waals surface area contributed by atoms with Crippen molar-refractivity contribution in [3.8, 4) is 5.75 Å². The molecule has 0 saturated heterocycles. The summed E-state index contributed by atoms with van der Waals surface area (Å²) in [6.45, 7) is 2.94. The molecule has 0 aliphatic carbocycles. The summed E-state index contributed by atoms with van der Waals surface area (Å²) < 4.78 is 6.74. The third kappa shape index (κ3) is 3.75. The van der Waals surface area contributed by atoms with Gasteiger partial charge in [-0.05, 0) is 24.6 Å². The third-order valence-corrected chi connectivity index (χ3v) is 3.88. The normalized spacial score (nSPS) is 12.4. The Morgan fingerprint density at radius 1 is 1.38 bits per heavy atom. The lowest BCUT2D eigenvalue weighted by molar-refractivity contribution is 0.174. The summed E-state index contributed by atoms with van der Waals surface area (Å²) in [5.74, 6) is 0.775. The summed E-state index contributed by atoms with van der Waals surface area (Å²) in [5.41, 5.74) is 2.70. The van der Waals surface area contributed by atoms with E-state index in [1.54, 1.807) is 11.8 Å². The van der Waals surface area contributed by atoms with Gasteiger partial charge in [0.25, 0.3) is 0 Å². The molecule has 0 unspecified atom stereocenters. The van der Waals surface area contributed by atoms with Crippen molar-refractivity contribution in [3.05, 3.63) is 46.2 Å².